The van der Waals surface area contributed by atoms with Gasteiger partial charge in [0.2, 0.25) is 15.9 Å². The van der Waals surface area contributed by atoms with Crippen LogP contribution < -0.4 is 4.72 Å². The van der Waals surface area contributed by atoms with Gasteiger partial charge in [0.25, 0.3) is 0 Å². The number of carbonyl (C=O) groups is 1. The summed E-state index contributed by atoms with van der Waals surface area (Å²) >= 11 is 0. The molecular formula is C15H21FN2O4S. The summed E-state index contributed by atoms with van der Waals surface area (Å²) in [4.78, 5) is 13.7. The van der Waals surface area contributed by atoms with E-state index in [-0.39, 0.29) is 29.0 Å². The molecule has 1 fully saturated rings. The Bertz CT molecular complexity index is 678. The molecule has 0 unspecified atom stereocenters. The quantitative estimate of drug-likeness (QED) is 0.866. The summed E-state index contributed by atoms with van der Waals surface area (Å²) in [5.41, 5.74) is 0.234. The van der Waals surface area contributed by atoms with Gasteiger partial charge in [-0.3, -0.25) is 4.79 Å². The van der Waals surface area contributed by atoms with Gasteiger partial charge >= 0.3 is 0 Å². The molecule has 0 aromatic heterocycles. The normalized spacial score (nSPS) is 18.9. The van der Waals surface area contributed by atoms with Crippen molar-refractivity contribution < 1.29 is 22.3 Å². The van der Waals surface area contributed by atoms with E-state index in [4.69, 9.17) is 4.74 Å². The minimum atomic E-state index is -3.85. The highest BCUT2D eigenvalue weighted by molar-refractivity contribution is 7.89. The third kappa shape index (κ3) is 4.49. The molecule has 1 atom stereocenters. The summed E-state index contributed by atoms with van der Waals surface area (Å²) < 4.78 is 45.1. The fourth-order valence-corrected chi connectivity index (χ4v) is 3.55. The summed E-state index contributed by atoms with van der Waals surface area (Å²) in [6.45, 7) is 2.22. The van der Waals surface area contributed by atoms with E-state index in [2.05, 4.69) is 4.72 Å². The van der Waals surface area contributed by atoms with Crippen molar-refractivity contribution in [1.82, 2.24) is 9.62 Å². The average molecular weight is 344 g/mol. The van der Waals surface area contributed by atoms with Crippen LogP contribution in [-0.4, -0.2) is 52.1 Å². The minimum absolute atomic E-state index is 0.0101. The lowest BCUT2D eigenvalue weighted by Crippen LogP contribution is -2.47. The number of halogens is 1. The van der Waals surface area contributed by atoms with Crippen molar-refractivity contribution in [3.05, 3.63) is 29.6 Å². The van der Waals surface area contributed by atoms with Crippen molar-refractivity contribution in [2.75, 3.05) is 26.7 Å². The second-order valence-electron chi connectivity index (χ2n) is 5.58. The fourth-order valence-electron chi connectivity index (χ4n) is 2.49. The molecular weight excluding hydrogens is 323 g/mol. The third-order valence-electron chi connectivity index (χ3n) is 3.92. The molecule has 1 aliphatic rings. The summed E-state index contributed by atoms with van der Waals surface area (Å²) in [7, 11) is -2.25. The van der Waals surface area contributed by atoms with Crippen LogP contribution in [0.3, 0.4) is 0 Å². The number of likely N-dealkylation sites (tertiary alicyclic amines) is 1. The first-order chi connectivity index (χ1) is 10.8. The van der Waals surface area contributed by atoms with Crippen LogP contribution in [0.15, 0.2) is 23.1 Å². The molecule has 1 aliphatic heterocycles. The topological polar surface area (TPSA) is 75.7 Å². The second-order valence-corrected chi connectivity index (χ2v) is 7.34. The number of nitrogens with one attached hydrogen (secondary N) is 1. The maximum atomic E-state index is 13.2. The summed E-state index contributed by atoms with van der Waals surface area (Å²) in [5, 5.41) is 0. The molecule has 1 N–H and O–H groups in total. The van der Waals surface area contributed by atoms with E-state index < -0.39 is 15.8 Å². The van der Waals surface area contributed by atoms with Crippen molar-refractivity contribution in [2.24, 2.45) is 0 Å². The number of aryl methyl sites for hydroxylation is 1. The molecule has 0 aliphatic carbocycles. The lowest BCUT2D eigenvalue weighted by atomic mass is 10.1. The van der Waals surface area contributed by atoms with E-state index in [0.29, 0.717) is 13.1 Å². The number of carbonyl (C=O) groups excluding carboxylic acids is 1. The lowest BCUT2D eigenvalue weighted by molar-refractivity contribution is -0.133. The van der Waals surface area contributed by atoms with Gasteiger partial charge in [-0.05, 0) is 43.5 Å². The minimum Gasteiger partial charge on any atom is -0.380 e. The van der Waals surface area contributed by atoms with Crippen LogP contribution in [0.2, 0.25) is 0 Å². The van der Waals surface area contributed by atoms with Crippen LogP contribution in [0.5, 0.6) is 0 Å². The van der Waals surface area contributed by atoms with E-state index in [9.17, 15) is 17.6 Å². The zero-order valence-electron chi connectivity index (χ0n) is 13.2. The molecule has 1 heterocycles. The van der Waals surface area contributed by atoms with Crippen molar-refractivity contribution in [3.63, 3.8) is 0 Å². The predicted octanol–water partition coefficient (Wildman–Crippen LogP) is 1.05. The van der Waals surface area contributed by atoms with Gasteiger partial charge < -0.3 is 9.64 Å². The molecule has 1 aromatic rings. The van der Waals surface area contributed by atoms with E-state index in [1.54, 1.807) is 12.0 Å². The Morgan fingerprint density at radius 3 is 2.87 bits per heavy atom. The lowest BCUT2D eigenvalue weighted by Gasteiger charge is -2.32. The van der Waals surface area contributed by atoms with Gasteiger partial charge in [-0.15, -0.1) is 0 Å². The smallest absolute Gasteiger partial charge is 0.241 e. The Balaban J connectivity index is 1.98. The van der Waals surface area contributed by atoms with Gasteiger partial charge in [0.05, 0.1) is 17.5 Å². The van der Waals surface area contributed by atoms with Crippen molar-refractivity contribution in [2.45, 2.75) is 30.8 Å². The van der Waals surface area contributed by atoms with Gasteiger partial charge in [-0.25, -0.2) is 17.5 Å². The zero-order valence-corrected chi connectivity index (χ0v) is 14.0. The van der Waals surface area contributed by atoms with Gasteiger partial charge in [0, 0.05) is 20.2 Å². The average Bonchev–Trinajstić information content (AvgIpc) is 2.55. The summed E-state index contributed by atoms with van der Waals surface area (Å²) in [5.74, 6) is -0.770. The van der Waals surface area contributed by atoms with Gasteiger partial charge in [0.15, 0.2) is 0 Å². The van der Waals surface area contributed by atoms with Gasteiger partial charge in [0.1, 0.15) is 5.82 Å². The van der Waals surface area contributed by atoms with Crippen molar-refractivity contribution >= 4 is 15.9 Å². The number of hydrogen-bond donors (Lipinski definition) is 1. The molecule has 0 saturated carbocycles. The molecule has 1 aromatic carbocycles. The Labute approximate surface area is 135 Å². The molecule has 0 bridgehead atoms. The summed E-state index contributed by atoms with van der Waals surface area (Å²) in [6.07, 6.45) is 1.71. The predicted molar refractivity (Wildman–Crippen MR) is 82.9 cm³/mol. The van der Waals surface area contributed by atoms with Gasteiger partial charge in [-0.2, -0.15) is 0 Å². The van der Waals surface area contributed by atoms with Crippen LogP contribution in [-0.2, 0) is 19.6 Å². The Hall–Kier alpha value is -1.51. The molecule has 0 spiro atoms. The SMILES string of the molecule is CO[C@H]1CCCN(C(=O)CNS(=O)(=O)c2ccc(F)c(C)c2)C1. The molecule has 128 valence electrons. The standard InChI is InChI=1S/C15H21FN2O4S/c1-11-8-13(5-6-14(11)16)23(20,21)17-9-15(19)18-7-3-4-12(10-18)22-2/h5-6,8,12,17H,3-4,7,9-10H2,1-2H3/t12-/m0/s1. The van der Waals surface area contributed by atoms with E-state index in [1.807, 2.05) is 0 Å². The highest BCUT2D eigenvalue weighted by atomic mass is 32.2. The van der Waals surface area contributed by atoms with Crippen LogP contribution >= 0.6 is 0 Å². The number of amides is 1. The van der Waals surface area contributed by atoms with Crippen LogP contribution in [0.4, 0.5) is 4.39 Å². The zero-order chi connectivity index (χ0) is 17.0. The molecule has 23 heavy (non-hydrogen) atoms. The first-order valence-corrected chi connectivity index (χ1v) is 8.88. The largest absolute Gasteiger partial charge is 0.380 e. The molecule has 6 nitrogen and oxygen atoms in total. The number of benzene rings is 1. The molecule has 2 rings (SSSR count). The second kappa shape index (κ2) is 7.37. The molecule has 0 radical (unpaired) electrons. The number of nitrogens with zero attached hydrogens (tertiary/aromatic N) is 1. The Morgan fingerprint density at radius 1 is 1.48 bits per heavy atom. The fraction of sp³-hybridized carbons (Fsp3) is 0.533. The van der Waals surface area contributed by atoms with E-state index in [1.165, 1.54) is 19.1 Å². The van der Waals surface area contributed by atoms with E-state index in [0.717, 1.165) is 18.9 Å². The maximum Gasteiger partial charge on any atom is 0.241 e. The van der Waals surface area contributed by atoms with Crippen LogP contribution in [0, 0.1) is 12.7 Å². The molecule has 1 saturated heterocycles. The van der Waals surface area contributed by atoms with Crippen molar-refractivity contribution in [3.8, 4) is 0 Å². The number of piperidine rings is 1. The first kappa shape index (κ1) is 17.8. The number of ether oxygens (including phenoxy) is 1. The maximum absolute atomic E-state index is 13.2. The molecule has 1 amide bonds. The third-order valence-corrected chi connectivity index (χ3v) is 5.32. The number of sulfonamides is 1. The number of rotatable bonds is 5. The Morgan fingerprint density at radius 2 is 2.22 bits per heavy atom. The van der Waals surface area contributed by atoms with Gasteiger partial charge in [-0.1, -0.05) is 0 Å². The Kier molecular flexibility index (Phi) is 5.72. The number of methoxy groups -OCH3 is 1. The van der Waals surface area contributed by atoms with Crippen molar-refractivity contribution in [1.29, 1.82) is 0 Å². The van der Waals surface area contributed by atoms with Crippen LogP contribution in [0.1, 0.15) is 18.4 Å². The first-order valence-electron chi connectivity index (χ1n) is 7.40. The van der Waals surface area contributed by atoms with E-state index >= 15 is 0 Å². The van der Waals surface area contributed by atoms with Crippen LogP contribution in [0.25, 0.3) is 0 Å². The highest BCUT2D eigenvalue weighted by Crippen LogP contribution is 2.15. The molecule has 8 heteroatoms. The summed E-state index contributed by atoms with van der Waals surface area (Å²) in [6, 6.07) is 3.51. The highest BCUT2D eigenvalue weighted by Gasteiger charge is 2.24. The number of hydrogen-bond acceptors (Lipinski definition) is 4. The monoisotopic (exact) mass is 344 g/mol.